The Hall–Kier alpha value is -4.80. The van der Waals surface area contributed by atoms with Crippen molar-refractivity contribution in [2.45, 2.75) is 0 Å². The first kappa shape index (κ1) is 21.4. The Bertz CT molecular complexity index is 1330. The Morgan fingerprint density at radius 2 is 0.758 bits per heavy atom. The van der Waals surface area contributed by atoms with E-state index in [2.05, 4.69) is 59.3 Å². The molecular weight excluding hydrogens is 416 g/mol. The van der Waals surface area contributed by atoms with Gasteiger partial charge in [-0.2, -0.15) is 10.5 Å². The highest BCUT2D eigenvalue weighted by molar-refractivity contribution is 7.13. The van der Waals surface area contributed by atoms with Gasteiger partial charge in [-0.1, -0.05) is 83.6 Å². The third-order valence-corrected chi connectivity index (χ3v) is 8.63. The maximum atomic E-state index is 9.08. The summed E-state index contributed by atoms with van der Waals surface area (Å²) >= 11 is 0. The molecule has 0 unspecified atom stereocenters. The molecule has 152 valence electrons. The lowest BCUT2D eigenvalue weighted by molar-refractivity contribution is 1.48. The van der Waals surface area contributed by atoms with Gasteiger partial charge in [0.2, 0.25) is 0 Å². The smallest absolute Gasteiger partial charge is 0.192 e. The van der Waals surface area contributed by atoms with E-state index >= 15 is 0 Å². The molecule has 2 nitrogen and oxygen atoms in total. The Morgan fingerprint density at radius 1 is 0.424 bits per heavy atom. The van der Waals surface area contributed by atoms with Crippen LogP contribution in [0.2, 0.25) is 0 Å². The van der Waals surface area contributed by atoms with Gasteiger partial charge < -0.3 is 0 Å². The minimum atomic E-state index is -2.81. The Kier molecular flexibility index (Phi) is 6.50. The van der Waals surface area contributed by atoms with Crippen molar-refractivity contribution in [1.29, 1.82) is 10.5 Å². The molecule has 0 bridgehead atoms. The van der Waals surface area contributed by atoms with Gasteiger partial charge in [0.15, 0.2) is 0 Å². The van der Waals surface area contributed by atoms with Crippen molar-refractivity contribution < 1.29 is 0 Å². The maximum absolute atomic E-state index is 9.08. The summed E-state index contributed by atoms with van der Waals surface area (Å²) in [5.74, 6) is 6.69. The van der Waals surface area contributed by atoms with E-state index in [1.807, 2.05) is 60.7 Å². The van der Waals surface area contributed by atoms with Crippen LogP contribution in [0.25, 0.3) is 0 Å². The van der Waals surface area contributed by atoms with Crippen LogP contribution in [0.15, 0.2) is 109 Å². The van der Waals surface area contributed by atoms with Crippen molar-refractivity contribution in [3.05, 3.63) is 131 Å². The first-order valence-electron chi connectivity index (χ1n) is 10.4. The van der Waals surface area contributed by atoms with Crippen molar-refractivity contribution in [3.63, 3.8) is 0 Å². The first-order valence-corrected chi connectivity index (χ1v) is 12.4. The van der Waals surface area contributed by atoms with Crippen molar-refractivity contribution in [2.24, 2.45) is 0 Å². The molecular formula is C30H18N2Si. The predicted molar refractivity (Wildman–Crippen MR) is 134 cm³/mol. The molecule has 0 aliphatic rings. The lowest BCUT2D eigenvalue weighted by Crippen LogP contribution is -2.57. The van der Waals surface area contributed by atoms with E-state index in [0.717, 1.165) is 21.5 Å². The fraction of sp³-hybridized carbons (Fsp3) is 0. The molecule has 4 aromatic rings. The molecule has 0 heterocycles. The van der Waals surface area contributed by atoms with Crippen LogP contribution in [-0.4, -0.2) is 8.07 Å². The monoisotopic (exact) mass is 434 g/mol. The van der Waals surface area contributed by atoms with E-state index in [9.17, 15) is 0 Å². The normalized spacial score (nSPS) is 9.88. The average molecular weight is 435 g/mol. The Morgan fingerprint density at radius 3 is 1.09 bits per heavy atom. The second kappa shape index (κ2) is 10.0. The quantitative estimate of drug-likeness (QED) is 0.351. The molecule has 0 aliphatic carbocycles. The van der Waals surface area contributed by atoms with Gasteiger partial charge >= 0.3 is 0 Å². The predicted octanol–water partition coefficient (Wildman–Crippen LogP) is 4.17. The fourth-order valence-corrected chi connectivity index (χ4v) is 6.47. The second-order valence-electron chi connectivity index (χ2n) is 7.36. The summed E-state index contributed by atoms with van der Waals surface area (Å²) < 4.78 is 0. The van der Waals surface area contributed by atoms with Crippen molar-refractivity contribution in [2.75, 3.05) is 0 Å². The number of nitriles is 2. The molecule has 4 rings (SSSR count). The number of hydrogen-bond donors (Lipinski definition) is 0. The van der Waals surface area contributed by atoms with E-state index in [4.69, 9.17) is 10.5 Å². The largest absolute Gasteiger partial charge is 0.276 e. The molecule has 0 aromatic heterocycles. The molecule has 33 heavy (non-hydrogen) atoms. The third kappa shape index (κ3) is 4.93. The van der Waals surface area contributed by atoms with Crippen LogP contribution in [-0.2, 0) is 0 Å². The molecule has 0 saturated heterocycles. The summed E-state index contributed by atoms with van der Waals surface area (Å²) in [4.78, 5) is 0. The summed E-state index contributed by atoms with van der Waals surface area (Å²) in [6.07, 6.45) is 0. The average Bonchev–Trinajstić information content (AvgIpc) is 2.90. The molecule has 3 heteroatoms. The van der Waals surface area contributed by atoms with Gasteiger partial charge in [-0.25, -0.2) is 0 Å². The molecule has 0 aliphatic heterocycles. The number of hydrogen-bond acceptors (Lipinski definition) is 2. The van der Waals surface area contributed by atoms with Gasteiger partial charge in [-0.05, 0) is 58.9 Å². The summed E-state index contributed by atoms with van der Waals surface area (Å²) in [5, 5.41) is 20.4. The molecule has 0 N–H and O–H groups in total. The lowest BCUT2D eigenvalue weighted by atomic mass is 10.2. The number of rotatable bonds is 2. The van der Waals surface area contributed by atoms with Crippen LogP contribution >= 0.6 is 0 Å². The van der Waals surface area contributed by atoms with Gasteiger partial charge in [-0.3, -0.25) is 0 Å². The van der Waals surface area contributed by atoms with Gasteiger partial charge in [-0.15, -0.1) is 0 Å². The van der Waals surface area contributed by atoms with Crippen molar-refractivity contribution >= 4 is 18.4 Å². The van der Waals surface area contributed by atoms with Gasteiger partial charge in [0.25, 0.3) is 8.07 Å². The standard InChI is InChI=1S/C30H18N2Si/c31-23-27-15-11-25(12-16-27)19-21-33(29-7-3-1-4-8-29,30-9-5-2-6-10-30)22-20-26-13-17-28(24-32)18-14-26/h1-18H. The molecule has 0 radical (unpaired) electrons. The molecule has 4 aromatic carbocycles. The van der Waals surface area contributed by atoms with Crippen LogP contribution in [0.5, 0.6) is 0 Å². The highest BCUT2D eigenvalue weighted by atomic mass is 28.3. The molecule has 0 fully saturated rings. The maximum Gasteiger partial charge on any atom is 0.276 e. The molecule has 0 atom stereocenters. The molecule has 0 saturated carbocycles. The topological polar surface area (TPSA) is 47.6 Å². The highest BCUT2D eigenvalue weighted by Crippen LogP contribution is 2.08. The number of nitrogens with zero attached hydrogens (tertiary/aromatic N) is 2. The lowest BCUT2D eigenvalue weighted by Gasteiger charge is -2.21. The zero-order chi connectivity index (χ0) is 22.9. The minimum Gasteiger partial charge on any atom is -0.192 e. The Balaban J connectivity index is 1.92. The summed E-state index contributed by atoms with van der Waals surface area (Å²) in [6, 6.07) is 39.3. The van der Waals surface area contributed by atoms with Crippen LogP contribution in [0.4, 0.5) is 0 Å². The summed E-state index contributed by atoms with van der Waals surface area (Å²) in [5.41, 5.74) is 10.1. The van der Waals surface area contributed by atoms with Crippen molar-refractivity contribution in [3.8, 4) is 35.1 Å². The van der Waals surface area contributed by atoms with Crippen LogP contribution in [0.1, 0.15) is 22.3 Å². The second-order valence-corrected chi connectivity index (χ2v) is 10.5. The fourth-order valence-electron chi connectivity index (χ4n) is 3.45. The van der Waals surface area contributed by atoms with Crippen LogP contribution < -0.4 is 10.4 Å². The van der Waals surface area contributed by atoms with Crippen LogP contribution in [0.3, 0.4) is 0 Å². The van der Waals surface area contributed by atoms with Crippen molar-refractivity contribution in [1.82, 2.24) is 0 Å². The van der Waals surface area contributed by atoms with E-state index in [1.54, 1.807) is 24.3 Å². The molecule has 0 amide bonds. The van der Waals surface area contributed by atoms with E-state index < -0.39 is 8.07 Å². The van der Waals surface area contributed by atoms with Gasteiger partial charge in [0.1, 0.15) is 0 Å². The van der Waals surface area contributed by atoms with E-state index in [-0.39, 0.29) is 0 Å². The van der Waals surface area contributed by atoms with Crippen LogP contribution in [0, 0.1) is 45.6 Å². The third-order valence-electron chi connectivity index (χ3n) is 5.23. The SMILES string of the molecule is N#Cc1ccc(C#C[Si](C#Cc2ccc(C#N)cc2)(c2ccccc2)c2ccccc2)cc1. The van der Waals surface area contributed by atoms with Gasteiger partial charge in [0.05, 0.1) is 23.3 Å². The summed E-state index contributed by atoms with van der Waals surface area (Å²) in [7, 11) is -2.81. The highest BCUT2D eigenvalue weighted by Gasteiger charge is 2.34. The first-order chi connectivity index (χ1) is 16.2. The minimum absolute atomic E-state index is 0.607. The zero-order valence-corrected chi connectivity index (χ0v) is 18.8. The zero-order valence-electron chi connectivity index (χ0n) is 17.8. The van der Waals surface area contributed by atoms with Gasteiger partial charge in [0, 0.05) is 11.1 Å². The van der Waals surface area contributed by atoms with E-state index in [1.165, 1.54) is 0 Å². The van der Waals surface area contributed by atoms with E-state index in [0.29, 0.717) is 11.1 Å². The Labute approximate surface area is 195 Å². The molecule has 0 spiro atoms. The summed E-state index contributed by atoms with van der Waals surface area (Å²) in [6.45, 7) is 0. The number of benzene rings is 4.